The van der Waals surface area contributed by atoms with Gasteiger partial charge in [-0.1, -0.05) is 23.4 Å². The van der Waals surface area contributed by atoms with Gasteiger partial charge >= 0.3 is 0 Å². The highest BCUT2D eigenvalue weighted by Gasteiger charge is 2.28. The minimum Gasteiger partial charge on any atom is -0.459 e. The monoisotopic (exact) mass is 355 g/mol. The van der Waals surface area contributed by atoms with Crippen molar-refractivity contribution in [2.24, 2.45) is 0 Å². The Bertz CT molecular complexity index is 884. The molecule has 0 amide bonds. The van der Waals surface area contributed by atoms with Crippen LogP contribution in [0.4, 0.5) is 0 Å². The Hall–Kier alpha value is -1.70. The van der Waals surface area contributed by atoms with Crippen molar-refractivity contribution in [1.82, 2.24) is 4.98 Å². The van der Waals surface area contributed by atoms with E-state index >= 15 is 0 Å². The van der Waals surface area contributed by atoms with Gasteiger partial charge in [-0.3, -0.25) is 0 Å². The molecule has 2 heterocycles. The molecule has 5 nitrogen and oxygen atoms in total. The number of aromatic nitrogens is 1. The van der Waals surface area contributed by atoms with Crippen LogP contribution in [0.2, 0.25) is 5.02 Å². The number of hydrogen-bond acceptors (Lipinski definition) is 6. The van der Waals surface area contributed by atoms with Crippen molar-refractivity contribution >= 4 is 33.2 Å². The maximum absolute atomic E-state index is 12.7. The highest BCUT2D eigenvalue weighted by atomic mass is 35.5. The van der Waals surface area contributed by atoms with Crippen LogP contribution in [0.25, 0.3) is 11.7 Å². The van der Waals surface area contributed by atoms with Crippen LogP contribution in [-0.4, -0.2) is 19.7 Å². The van der Waals surface area contributed by atoms with Gasteiger partial charge in [0.05, 0.1) is 11.2 Å². The normalized spacial score (nSPS) is 11.7. The van der Waals surface area contributed by atoms with E-state index in [-0.39, 0.29) is 20.9 Å². The summed E-state index contributed by atoms with van der Waals surface area (Å²) >= 11 is 6.95. The van der Waals surface area contributed by atoms with Gasteiger partial charge in [0.2, 0.25) is 20.0 Å². The van der Waals surface area contributed by atoms with E-state index in [4.69, 9.17) is 20.4 Å². The molecule has 0 fully saturated rings. The first-order valence-electron chi connectivity index (χ1n) is 6.11. The van der Waals surface area contributed by atoms with E-state index in [1.54, 1.807) is 18.4 Å². The van der Waals surface area contributed by atoms with Crippen LogP contribution >= 0.6 is 23.4 Å². The number of oxazole rings is 1. The zero-order chi connectivity index (χ0) is 15.7. The Morgan fingerprint density at radius 1 is 1.18 bits per heavy atom. The zero-order valence-electron chi connectivity index (χ0n) is 11.3. The molecule has 1 aromatic carbocycles. The van der Waals surface area contributed by atoms with Crippen molar-refractivity contribution < 1.29 is 17.3 Å². The second-order valence-corrected chi connectivity index (χ2v) is 7.33. The van der Waals surface area contributed by atoms with Crippen LogP contribution in [0.3, 0.4) is 0 Å². The second-order valence-electron chi connectivity index (χ2n) is 4.25. The van der Waals surface area contributed by atoms with E-state index in [9.17, 15) is 8.42 Å². The van der Waals surface area contributed by atoms with Gasteiger partial charge in [-0.2, -0.15) is 4.98 Å². The molecule has 0 unspecified atom stereocenters. The quantitative estimate of drug-likeness (QED) is 0.655. The summed E-state index contributed by atoms with van der Waals surface area (Å²) < 4.78 is 36.1. The Morgan fingerprint density at radius 3 is 2.50 bits per heavy atom. The highest BCUT2D eigenvalue weighted by molar-refractivity contribution is 7.99. The number of benzene rings is 1. The summed E-state index contributed by atoms with van der Waals surface area (Å²) in [5.41, 5.74) is 0. The summed E-state index contributed by atoms with van der Waals surface area (Å²) in [4.78, 5) is 4.20. The molecule has 0 aliphatic heterocycles. The third-order valence-electron chi connectivity index (χ3n) is 2.86. The first-order chi connectivity index (χ1) is 10.5. The van der Waals surface area contributed by atoms with Crippen LogP contribution in [0.1, 0.15) is 0 Å². The molecular weight excluding hydrogens is 346 g/mol. The van der Waals surface area contributed by atoms with Crippen LogP contribution in [-0.2, 0) is 9.84 Å². The number of nitrogens with zero attached hydrogens (tertiary/aromatic N) is 1. The largest absolute Gasteiger partial charge is 0.459 e. The smallest absolute Gasteiger partial charge is 0.265 e. The summed E-state index contributed by atoms with van der Waals surface area (Å²) in [5, 5.41) is 0.538. The predicted molar refractivity (Wildman–Crippen MR) is 82.9 cm³/mol. The molecule has 0 atom stereocenters. The summed E-state index contributed by atoms with van der Waals surface area (Å²) in [7, 11) is -3.79. The molecule has 3 aromatic rings. The number of sulfone groups is 1. The first kappa shape index (κ1) is 15.2. The number of hydrogen-bond donors (Lipinski definition) is 0. The maximum atomic E-state index is 12.7. The highest BCUT2D eigenvalue weighted by Crippen LogP contribution is 2.34. The SMILES string of the molecule is CSc1oc(-c2ccco2)nc1S(=O)(=O)c1ccc(Cl)cc1. The molecule has 0 aliphatic rings. The third kappa shape index (κ3) is 2.67. The number of halogens is 1. The molecule has 2 aromatic heterocycles. The molecule has 0 bridgehead atoms. The Labute approximate surface area is 136 Å². The Morgan fingerprint density at radius 2 is 1.91 bits per heavy atom. The molecule has 0 radical (unpaired) electrons. The van der Waals surface area contributed by atoms with E-state index in [0.29, 0.717) is 10.8 Å². The van der Waals surface area contributed by atoms with Gasteiger partial charge in [0, 0.05) is 5.02 Å². The summed E-state index contributed by atoms with van der Waals surface area (Å²) in [5.74, 6) is 0.495. The zero-order valence-corrected chi connectivity index (χ0v) is 13.7. The molecule has 22 heavy (non-hydrogen) atoms. The lowest BCUT2D eigenvalue weighted by Crippen LogP contribution is -2.03. The van der Waals surface area contributed by atoms with Gasteiger partial charge in [0.1, 0.15) is 0 Å². The lowest BCUT2D eigenvalue weighted by atomic mass is 10.4. The van der Waals surface area contributed by atoms with Gasteiger partial charge in [0.15, 0.2) is 5.76 Å². The Kier molecular flexibility index (Phi) is 4.03. The number of furan rings is 1. The first-order valence-corrected chi connectivity index (χ1v) is 9.20. The lowest BCUT2D eigenvalue weighted by molar-refractivity contribution is 0.451. The summed E-state index contributed by atoms with van der Waals surface area (Å²) in [6.45, 7) is 0. The van der Waals surface area contributed by atoms with E-state index in [0.717, 1.165) is 11.8 Å². The van der Waals surface area contributed by atoms with Crippen LogP contribution in [0.5, 0.6) is 0 Å². The average Bonchev–Trinajstić information content (AvgIpc) is 3.16. The molecule has 0 aliphatic carbocycles. The Balaban J connectivity index is 2.12. The van der Waals surface area contributed by atoms with Gasteiger partial charge in [0.25, 0.3) is 5.89 Å². The van der Waals surface area contributed by atoms with Crippen LogP contribution in [0.15, 0.2) is 66.5 Å². The molecule has 0 saturated carbocycles. The van der Waals surface area contributed by atoms with Crippen molar-refractivity contribution in [2.45, 2.75) is 15.0 Å². The van der Waals surface area contributed by atoms with Crippen molar-refractivity contribution in [3.8, 4) is 11.7 Å². The van der Waals surface area contributed by atoms with Crippen molar-refractivity contribution in [2.75, 3.05) is 6.26 Å². The predicted octanol–water partition coefficient (Wildman–Crippen LogP) is 4.14. The van der Waals surface area contributed by atoms with Gasteiger partial charge in [-0.15, -0.1) is 0 Å². The molecule has 0 spiro atoms. The van der Waals surface area contributed by atoms with E-state index < -0.39 is 9.84 Å². The number of rotatable bonds is 4. The van der Waals surface area contributed by atoms with E-state index in [1.165, 1.54) is 30.5 Å². The van der Waals surface area contributed by atoms with E-state index in [2.05, 4.69) is 4.98 Å². The van der Waals surface area contributed by atoms with Gasteiger partial charge < -0.3 is 8.83 Å². The topological polar surface area (TPSA) is 73.3 Å². The summed E-state index contributed by atoms with van der Waals surface area (Å²) in [6, 6.07) is 9.22. The standard InChI is InChI=1S/C14H10ClNO4S2/c1-21-14-13(16-12(20-14)11-3-2-8-19-11)22(17,18)10-6-4-9(15)5-7-10/h2-8H,1H3. The average molecular weight is 356 g/mol. The van der Waals surface area contributed by atoms with Crippen LogP contribution < -0.4 is 0 Å². The molecular formula is C14H10ClNO4S2. The number of thioether (sulfide) groups is 1. The minimum atomic E-state index is -3.79. The third-order valence-corrected chi connectivity index (χ3v) is 5.57. The van der Waals surface area contributed by atoms with Crippen molar-refractivity contribution in [1.29, 1.82) is 0 Å². The lowest BCUT2D eigenvalue weighted by Gasteiger charge is -2.02. The molecule has 0 saturated heterocycles. The molecule has 8 heteroatoms. The molecule has 0 N–H and O–H groups in total. The van der Waals surface area contributed by atoms with Gasteiger partial charge in [-0.05, 0) is 42.7 Å². The fourth-order valence-electron chi connectivity index (χ4n) is 1.82. The van der Waals surface area contributed by atoms with E-state index in [1.807, 2.05) is 0 Å². The second kappa shape index (κ2) is 5.83. The minimum absolute atomic E-state index is 0.103. The molecule has 3 rings (SSSR count). The van der Waals surface area contributed by atoms with Crippen LogP contribution in [0, 0.1) is 0 Å². The van der Waals surface area contributed by atoms with Gasteiger partial charge in [-0.25, -0.2) is 8.42 Å². The fourth-order valence-corrected chi connectivity index (χ4v) is 4.09. The molecule has 114 valence electrons. The maximum Gasteiger partial charge on any atom is 0.265 e. The summed E-state index contributed by atoms with van der Waals surface area (Å²) in [6.07, 6.45) is 3.18. The fraction of sp³-hybridized carbons (Fsp3) is 0.0714. The van der Waals surface area contributed by atoms with Crippen molar-refractivity contribution in [3.05, 3.63) is 47.7 Å². The van der Waals surface area contributed by atoms with Crippen molar-refractivity contribution in [3.63, 3.8) is 0 Å².